The van der Waals surface area contributed by atoms with Gasteiger partial charge in [-0.2, -0.15) is 0 Å². The van der Waals surface area contributed by atoms with Gasteiger partial charge < -0.3 is 14.5 Å². The van der Waals surface area contributed by atoms with Crippen molar-refractivity contribution in [3.8, 4) is 0 Å². The second kappa shape index (κ2) is 13.1. The Hall–Kier alpha value is -0.900. The highest BCUT2D eigenvalue weighted by atomic mass is 16.5. The maximum Gasteiger partial charge on any atom is 0.0474 e. The Bertz CT molecular complexity index is 301. The number of hydrogen-bond acceptors (Lipinski definition) is 3. The van der Waals surface area contributed by atoms with Gasteiger partial charge in [-0.25, -0.2) is 0 Å². The first kappa shape index (κ1) is 19.1. The molecule has 0 spiro atoms. The third-order valence-corrected chi connectivity index (χ3v) is 3.15. The SMILES string of the molecule is CCN(C)C.COCCCN(C)CCc1ccccc1. The zero-order valence-corrected chi connectivity index (χ0v) is 13.9. The summed E-state index contributed by atoms with van der Waals surface area (Å²) in [6.07, 6.45) is 2.24. The molecule has 3 heteroatoms. The number of likely N-dealkylation sites (N-methyl/N-ethyl adjacent to an activating group) is 1. The molecule has 0 atom stereocenters. The van der Waals surface area contributed by atoms with Gasteiger partial charge in [0, 0.05) is 26.8 Å². The summed E-state index contributed by atoms with van der Waals surface area (Å²) in [6.45, 7) is 6.35. The molecule has 0 bridgehead atoms. The van der Waals surface area contributed by atoms with Crippen molar-refractivity contribution in [2.75, 3.05) is 54.5 Å². The molecule has 0 heterocycles. The molecule has 3 nitrogen and oxygen atoms in total. The lowest BCUT2D eigenvalue weighted by atomic mass is 10.1. The van der Waals surface area contributed by atoms with Crippen molar-refractivity contribution in [2.24, 2.45) is 0 Å². The molecule has 0 saturated heterocycles. The third-order valence-electron chi connectivity index (χ3n) is 3.15. The molecule has 0 aliphatic carbocycles. The van der Waals surface area contributed by atoms with Crippen LogP contribution in [0, 0.1) is 0 Å². The summed E-state index contributed by atoms with van der Waals surface area (Å²) in [5.74, 6) is 0. The predicted octanol–water partition coefficient (Wildman–Crippen LogP) is 2.77. The largest absolute Gasteiger partial charge is 0.385 e. The van der Waals surface area contributed by atoms with Crippen LogP contribution in [0.15, 0.2) is 30.3 Å². The van der Waals surface area contributed by atoms with Gasteiger partial charge in [-0.1, -0.05) is 37.3 Å². The Morgan fingerprint density at radius 3 is 2.10 bits per heavy atom. The van der Waals surface area contributed by atoms with Crippen LogP contribution in [0.2, 0.25) is 0 Å². The maximum atomic E-state index is 5.03. The molecule has 0 unspecified atom stereocenters. The second-order valence-electron chi connectivity index (χ2n) is 5.28. The van der Waals surface area contributed by atoms with Gasteiger partial charge in [0.15, 0.2) is 0 Å². The van der Waals surface area contributed by atoms with E-state index >= 15 is 0 Å². The van der Waals surface area contributed by atoms with Crippen LogP contribution in [0.25, 0.3) is 0 Å². The maximum absolute atomic E-state index is 5.03. The molecule has 0 aliphatic rings. The van der Waals surface area contributed by atoms with E-state index in [0.29, 0.717) is 0 Å². The quantitative estimate of drug-likeness (QED) is 0.681. The molecule has 0 aliphatic heterocycles. The lowest BCUT2D eigenvalue weighted by Crippen LogP contribution is -2.23. The molecule has 0 amide bonds. The highest BCUT2D eigenvalue weighted by Gasteiger charge is 1.98. The van der Waals surface area contributed by atoms with E-state index in [1.807, 2.05) is 0 Å². The van der Waals surface area contributed by atoms with Crippen LogP contribution in [-0.2, 0) is 11.2 Å². The van der Waals surface area contributed by atoms with E-state index in [1.54, 1.807) is 7.11 Å². The molecule has 1 aromatic carbocycles. The fourth-order valence-corrected chi connectivity index (χ4v) is 1.56. The highest BCUT2D eigenvalue weighted by Crippen LogP contribution is 2.00. The van der Waals surface area contributed by atoms with E-state index in [0.717, 1.165) is 39.1 Å². The normalized spacial score (nSPS) is 10.6. The molecule has 0 N–H and O–H groups in total. The van der Waals surface area contributed by atoms with Crippen LogP contribution in [0.5, 0.6) is 0 Å². The number of hydrogen-bond donors (Lipinski definition) is 0. The van der Waals surface area contributed by atoms with Crippen LogP contribution < -0.4 is 0 Å². The standard InChI is InChI=1S/C13H21NO.C4H11N/c1-14(10-6-12-15-2)11-9-13-7-4-3-5-8-13;1-4-5(2)3/h3-5,7-8H,6,9-12H2,1-2H3;4H2,1-3H3. The summed E-state index contributed by atoms with van der Waals surface area (Å²) in [7, 11) is 8.03. The van der Waals surface area contributed by atoms with Crippen molar-refractivity contribution >= 4 is 0 Å². The summed E-state index contributed by atoms with van der Waals surface area (Å²) in [6, 6.07) is 10.6. The van der Waals surface area contributed by atoms with Crippen molar-refractivity contribution in [3.63, 3.8) is 0 Å². The lowest BCUT2D eigenvalue weighted by molar-refractivity contribution is 0.179. The van der Waals surface area contributed by atoms with Crippen LogP contribution >= 0.6 is 0 Å². The van der Waals surface area contributed by atoms with Crippen LogP contribution in [-0.4, -0.2) is 64.3 Å². The molecule has 1 rings (SSSR count). The molecular weight excluding hydrogens is 248 g/mol. The molecular formula is C17H32N2O. The van der Waals surface area contributed by atoms with E-state index in [-0.39, 0.29) is 0 Å². The highest BCUT2D eigenvalue weighted by molar-refractivity contribution is 5.14. The van der Waals surface area contributed by atoms with Gasteiger partial charge in [0.2, 0.25) is 0 Å². The zero-order chi connectivity index (χ0) is 15.2. The summed E-state index contributed by atoms with van der Waals surface area (Å²) >= 11 is 0. The number of nitrogens with zero attached hydrogens (tertiary/aromatic N) is 2. The van der Waals surface area contributed by atoms with Gasteiger partial charge in [-0.05, 0) is 46.1 Å². The van der Waals surface area contributed by atoms with Crippen molar-refractivity contribution in [1.82, 2.24) is 9.80 Å². The first-order valence-corrected chi connectivity index (χ1v) is 7.46. The number of rotatable bonds is 8. The molecule has 20 heavy (non-hydrogen) atoms. The number of methoxy groups -OCH3 is 1. The van der Waals surface area contributed by atoms with Gasteiger partial charge in [0.25, 0.3) is 0 Å². The fraction of sp³-hybridized carbons (Fsp3) is 0.647. The topological polar surface area (TPSA) is 15.7 Å². The van der Waals surface area contributed by atoms with Crippen LogP contribution in [0.3, 0.4) is 0 Å². The van der Waals surface area contributed by atoms with Crippen molar-refractivity contribution in [1.29, 1.82) is 0 Å². The van der Waals surface area contributed by atoms with Gasteiger partial charge in [-0.15, -0.1) is 0 Å². The number of ether oxygens (including phenoxy) is 1. The molecule has 0 saturated carbocycles. The van der Waals surface area contributed by atoms with E-state index in [9.17, 15) is 0 Å². The van der Waals surface area contributed by atoms with E-state index < -0.39 is 0 Å². The molecule has 1 aromatic rings. The lowest BCUT2D eigenvalue weighted by Gasteiger charge is -2.15. The summed E-state index contributed by atoms with van der Waals surface area (Å²) in [5.41, 5.74) is 1.41. The molecule has 0 fully saturated rings. The molecule has 0 aromatic heterocycles. The summed E-state index contributed by atoms with van der Waals surface area (Å²) < 4.78 is 5.03. The summed E-state index contributed by atoms with van der Waals surface area (Å²) in [5, 5.41) is 0. The zero-order valence-electron chi connectivity index (χ0n) is 13.9. The third kappa shape index (κ3) is 12.2. The van der Waals surface area contributed by atoms with Crippen LogP contribution in [0.4, 0.5) is 0 Å². The molecule has 0 radical (unpaired) electrons. The van der Waals surface area contributed by atoms with E-state index in [2.05, 4.69) is 68.2 Å². The minimum absolute atomic E-state index is 0.857. The van der Waals surface area contributed by atoms with Crippen molar-refractivity contribution in [3.05, 3.63) is 35.9 Å². The minimum atomic E-state index is 0.857. The Morgan fingerprint density at radius 2 is 1.60 bits per heavy atom. The average molecular weight is 280 g/mol. The number of benzene rings is 1. The van der Waals surface area contributed by atoms with Gasteiger partial charge >= 0.3 is 0 Å². The van der Waals surface area contributed by atoms with E-state index in [4.69, 9.17) is 4.74 Å². The fourth-order valence-electron chi connectivity index (χ4n) is 1.56. The van der Waals surface area contributed by atoms with Crippen molar-refractivity contribution in [2.45, 2.75) is 19.8 Å². The average Bonchev–Trinajstić information content (AvgIpc) is 2.47. The van der Waals surface area contributed by atoms with Crippen LogP contribution in [0.1, 0.15) is 18.9 Å². The Kier molecular flexibility index (Phi) is 12.5. The first-order chi connectivity index (χ1) is 9.60. The monoisotopic (exact) mass is 280 g/mol. The molecule has 116 valence electrons. The Balaban J connectivity index is 0.000000621. The van der Waals surface area contributed by atoms with Gasteiger partial charge in [0.05, 0.1) is 0 Å². The van der Waals surface area contributed by atoms with Gasteiger partial charge in [-0.3, -0.25) is 0 Å². The Labute approximate surface area is 125 Å². The smallest absolute Gasteiger partial charge is 0.0474 e. The van der Waals surface area contributed by atoms with Crippen molar-refractivity contribution < 1.29 is 4.74 Å². The summed E-state index contributed by atoms with van der Waals surface area (Å²) in [4.78, 5) is 4.48. The Morgan fingerprint density at radius 1 is 1.00 bits per heavy atom. The minimum Gasteiger partial charge on any atom is -0.385 e. The second-order valence-corrected chi connectivity index (χ2v) is 5.28. The predicted molar refractivity (Wildman–Crippen MR) is 88.4 cm³/mol. The van der Waals surface area contributed by atoms with Gasteiger partial charge in [0.1, 0.15) is 0 Å². The van der Waals surface area contributed by atoms with E-state index in [1.165, 1.54) is 5.56 Å². The first-order valence-electron chi connectivity index (χ1n) is 7.46.